The Morgan fingerprint density at radius 1 is 0.895 bits per heavy atom. The summed E-state index contributed by atoms with van der Waals surface area (Å²) in [6.45, 7) is 12.9. The molecule has 0 radical (unpaired) electrons. The second-order valence-corrected chi connectivity index (χ2v) is 17.5. The molecule has 38 heavy (non-hydrogen) atoms. The number of carboxylic acids is 1. The highest BCUT2D eigenvalue weighted by Crippen LogP contribution is 2.49. The van der Waals surface area contributed by atoms with Gasteiger partial charge in [0.25, 0.3) is 0 Å². The number of unbranched alkanes of at least 4 members (excludes halogenated alkanes) is 9. The van der Waals surface area contributed by atoms with Crippen molar-refractivity contribution >= 4 is 58.7 Å². The Kier molecular flexibility index (Phi) is 17.6. The van der Waals surface area contributed by atoms with Crippen LogP contribution in [-0.4, -0.2) is 47.1 Å². The Morgan fingerprint density at radius 3 is 1.82 bits per heavy atom. The summed E-state index contributed by atoms with van der Waals surface area (Å²) in [7, 11) is -4.44. The van der Waals surface area contributed by atoms with Crippen LogP contribution in [0.15, 0.2) is 0 Å². The second-order valence-electron chi connectivity index (χ2n) is 11.9. The van der Waals surface area contributed by atoms with E-state index < -0.39 is 47.3 Å². The molecular weight excluding hydrogens is 561 g/mol. The van der Waals surface area contributed by atoms with Gasteiger partial charge in [-0.25, -0.2) is 0 Å². The smallest absolute Gasteiger partial charge is 0.344 e. The molecule has 1 unspecified atom stereocenters. The first-order chi connectivity index (χ1) is 17.4. The van der Waals surface area contributed by atoms with Crippen LogP contribution in [0.25, 0.3) is 0 Å². The number of aliphatic carboxylic acids is 1. The Morgan fingerprint density at radius 2 is 1.37 bits per heavy atom. The van der Waals surface area contributed by atoms with Crippen LogP contribution >= 0.6 is 43.3 Å². The molecule has 0 aromatic carbocycles. The van der Waals surface area contributed by atoms with Gasteiger partial charge in [0.05, 0.1) is 11.3 Å². The molecule has 0 aromatic rings. The molecule has 0 fully saturated rings. The Balaban J connectivity index is 5.02. The van der Waals surface area contributed by atoms with E-state index in [1.165, 1.54) is 69.5 Å². The lowest BCUT2D eigenvalue weighted by molar-refractivity contribution is -0.155. The highest BCUT2D eigenvalue weighted by atomic mass is 32.2. The van der Waals surface area contributed by atoms with E-state index in [4.69, 9.17) is 12.2 Å². The Bertz CT molecular complexity index is 798. The maximum atomic E-state index is 13.2. The molecule has 11 heteroatoms. The number of thiocarbonyl (C=S) groups is 1. The standard InChI is InChI=1S/C27H52NO6PS3/c1-8-9-10-11-12-13-14-15-16-17-18-37-24(36)38-27(6,7)21(22(29)28-20-35(32,33)34)19-25(2,3)26(4,5)23(30)31/h21H,8-20H2,1-7H3,(H,28,29)(H,30,31)(H2,32,33,34). The fraction of sp³-hybridized carbons (Fsp3) is 0.889. The molecule has 1 atom stereocenters. The first kappa shape index (κ1) is 37.9. The van der Waals surface area contributed by atoms with E-state index in [0.717, 1.165) is 12.2 Å². The van der Waals surface area contributed by atoms with Crippen LogP contribution in [0, 0.1) is 16.7 Å². The van der Waals surface area contributed by atoms with Gasteiger partial charge in [-0.15, -0.1) is 23.5 Å². The number of amides is 1. The molecule has 7 nitrogen and oxygen atoms in total. The number of hydrogen-bond donors (Lipinski definition) is 4. The molecule has 0 saturated carbocycles. The first-order valence-electron chi connectivity index (χ1n) is 13.8. The summed E-state index contributed by atoms with van der Waals surface area (Å²) in [5.41, 5.74) is -1.91. The zero-order valence-electron chi connectivity index (χ0n) is 24.5. The van der Waals surface area contributed by atoms with Crippen LogP contribution in [0.1, 0.15) is 119 Å². The van der Waals surface area contributed by atoms with Crippen molar-refractivity contribution in [3.05, 3.63) is 0 Å². The number of carboxylic acid groups (broad SMARTS) is 1. The summed E-state index contributed by atoms with van der Waals surface area (Å²) in [4.78, 5) is 43.6. The monoisotopic (exact) mass is 613 g/mol. The van der Waals surface area contributed by atoms with Crippen LogP contribution in [0.2, 0.25) is 0 Å². The maximum Gasteiger partial charge on any atom is 0.344 e. The van der Waals surface area contributed by atoms with Gasteiger partial charge in [-0.2, -0.15) is 0 Å². The van der Waals surface area contributed by atoms with E-state index in [0.29, 0.717) is 3.53 Å². The topological polar surface area (TPSA) is 124 Å². The van der Waals surface area contributed by atoms with Gasteiger partial charge in [-0.3, -0.25) is 14.2 Å². The lowest BCUT2D eigenvalue weighted by atomic mass is 9.62. The minimum absolute atomic E-state index is 0.213. The highest BCUT2D eigenvalue weighted by molar-refractivity contribution is 8.47. The Hall–Kier alpha value is -0.120. The van der Waals surface area contributed by atoms with Crippen LogP contribution in [0.3, 0.4) is 0 Å². The highest BCUT2D eigenvalue weighted by Gasteiger charge is 2.49. The third-order valence-electron chi connectivity index (χ3n) is 7.62. The van der Waals surface area contributed by atoms with Crippen molar-refractivity contribution in [1.29, 1.82) is 0 Å². The molecular formula is C27H52NO6PS3. The molecule has 0 heterocycles. The summed E-state index contributed by atoms with van der Waals surface area (Å²) < 4.78 is 11.4. The SMILES string of the molecule is CCCCCCCCCCCCSC(=S)SC(C)(C)C(CC(C)(C)C(C)(C)C(=O)O)C(=O)NCP(=O)(O)O. The van der Waals surface area contributed by atoms with Crippen LogP contribution in [0.5, 0.6) is 0 Å². The molecule has 0 saturated heterocycles. The third-order valence-corrected chi connectivity index (χ3v) is 11.1. The number of carbonyl (C=O) groups is 2. The van der Waals surface area contributed by atoms with Gasteiger partial charge in [-0.1, -0.05) is 90.8 Å². The largest absolute Gasteiger partial charge is 0.481 e. The number of thioether (sulfide) groups is 2. The van der Waals surface area contributed by atoms with E-state index in [1.54, 1.807) is 25.6 Å². The number of rotatable bonds is 20. The molecule has 1 amide bonds. The van der Waals surface area contributed by atoms with Crippen molar-refractivity contribution in [2.24, 2.45) is 16.7 Å². The molecule has 0 aromatic heterocycles. The van der Waals surface area contributed by atoms with Crippen molar-refractivity contribution in [2.45, 2.75) is 124 Å². The number of hydrogen-bond acceptors (Lipinski definition) is 6. The van der Waals surface area contributed by atoms with E-state index in [2.05, 4.69) is 12.2 Å². The zero-order valence-corrected chi connectivity index (χ0v) is 27.9. The summed E-state index contributed by atoms with van der Waals surface area (Å²) >= 11 is 8.64. The first-order valence-corrected chi connectivity index (χ1v) is 17.8. The lowest BCUT2D eigenvalue weighted by Crippen LogP contribution is -2.48. The lowest BCUT2D eigenvalue weighted by Gasteiger charge is -2.43. The molecule has 0 aliphatic carbocycles. The van der Waals surface area contributed by atoms with Gasteiger partial charge in [0, 0.05) is 4.75 Å². The zero-order chi connectivity index (χ0) is 29.6. The second kappa shape index (κ2) is 17.6. The summed E-state index contributed by atoms with van der Waals surface area (Å²) in [6.07, 6.45) is 12.1. The van der Waals surface area contributed by atoms with Crippen molar-refractivity contribution in [2.75, 3.05) is 12.0 Å². The Labute approximate surface area is 245 Å². The van der Waals surface area contributed by atoms with Gasteiger partial charge in [-0.05, 0) is 51.7 Å². The van der Waals surface area contributed by atoms with Gasteiger partial charge in [0.15, 0.2) is 0 Å². The van der Waals surface area contributed by atoms with E-state index in [9.17, 15) is 29.0 Å². The van der Waals surface area contributed by atoms with Crippen molar-refractivity contribution < 1.29 is 29.0 Å². The minimum Gasteiger partial charge on any atom is -0.481 e. The van der Waals surface area contributed by atoms with Gasteiger partial charge < -0.3 is 20.2 Å². The van der Waals surface area contributed by atoms with Gasteiger partial charge >= 0.3 is 13.6 Å². The summed E-state index contributed by atoms with van der Waals surface area (Å²) in [5, 5.41) is 12.2. The molecule has 0 aliphatic heterocycles. The minimum atomic E-state index is -4.44. The van der Waals surface area contributed by atoms with Crippen LogP contribution in [-0.2, 0) is 14.2 Å². The molecule has 4 N–H and O–H groups in total. The molecule has 0 spiro atoms. The molecule has 0 aliphatic rings. The molecule has 224 valence electrons. The third kappa shape index (κ3) is 15.0. The fourth-order valence-electron chi connectivity index (χ4n) is 4.07. The average molecular weight is 614 g/mol. The molecule has 0 bridgehead atoms. The fourth-order valence-corrected chi connectivity index (χ4v) is 7.74. The summed E-state index contributed by atoms with van der Waals surface area (Å²) in [6, 6.07) is 0. The van der Waals surface area contributed by atoms with Gasteiger partial charge in [0.2, 0.25) is 5.91 Å². The van der Waals surface area contributed by atoms with E-state index in [1.807, 2.05) is 27.7 Å². The predicted octanol–water partition coefficient (Wildman–Crippen LogP) is 7.83. The average Bonchev–Trinajstić information content (AvgIpc) is 2.78. The van der Waals surface area contributed by atoms with E-state index >= 15 is 0 Å². The normalized spacial score (nSPS) is 13.8. The van der Waals surface area contributed by atoms with Crippen LogP contribution < -0.4 is 5.32 Å². The van der Waals surface area contributed by atoms with Gasteiger partial charge in [0.1, 0.15) is 9.81 Å². The van der Waals surface area contributed by atoms with E-state index in [-0.39, 0.29) is 6.42 Å². The predicted molar refractivity (Wildman–Crippen MR) is 167 cm³/mol. The van der Waals surface area contributed by atoms with Crippen molar-refractivity contribution in [3.8, 4) is 0 Å². The number of carbonyl (C=O) groups excluding carboxylic acids is 1. The maximum absolute atomic E-state index is 13.2. The molecule has 0 rings (SSSR count). The number of nitrogens with one attached hydrogen (secondary N) is 1. The summed E-state index contributed by atoms with van der Waals surface area (Å²) in [5.74, 6) is -1.29. The van der Waals surface area contributed by atoms with Crippen molar-refractivity contribution in [1.82, 2.24) is 5.32 Å². The van der Waals surface area contributed by atoms with Crippen LogP contribution in [0.4, 0.5) is 0 Å². The quantitative estimate of drug-likeness (QED) is 0.0618. The van der Waals surface area contributed by atoms with Crippen molar-refractivity contribution in [3.63, 3.8) is 0 Å².